The molecule has 1 aromatic rings. The minimum absolute atomic E-state index is 0.132. The van der Waals surface area contributed by atoms with Gasteiger partial charge in [-0.1, -0.05) is 24.9 Å². The first kappa shape index (κ1) is 14.8. The van der Waals surface area contributed by atoms with Crippen LogP contribution in [0.15, 0.2) is 18.2 Å². The zero-order valence-corrected chi connectivity index (χ0v) is 11.2. The molecule has 1 atom stereocenters. The van der Waals surface area contributed by atoms with Gasteiger partial charge in [0.2, 0.25) is 0 Å². The normalized spacial score (nSPS) is 12.2. The van der Waals surface area contributed by atoms with Gasteiger partial charge in [-0.3, -0.25) is 4.79 Å². The third-order valence-electron chi connectivity index (χ3n) is 2.90. The number of benzene rings is 1. The average molecular weight is 271 g/mol. The van der Waals surface area contributed by atoms with E-state index in [1.165, 1.54) is 0 Å². The first-order valence-electron chi connectivity index (χ1n) is 6.02. The monoisotopic (exact) mass is 270 g/mol. The Kier molecular flexibility index (Phi) is 5.95. The van der Waals surface area contributed by atoms with E-state index in [0.717, 1.165) is 6.42 Å². The Balaban J connectivity index is 2.62. The largest absolute Gasteiger partial charge is 0.399 e. The second-order valence-electron chi connectivity index (χ2n) is 4.24. The van der Waals surface area contributed by atoms with Crippen LogP contribution in [0.2, 0.25) is 5.02 Å². The standard InChI is InChI=1S/C13H19ClN2O2/c1-2-9(5-6-17)8-16-13(18)11-7-10(15)3-4-12(11)14/h3-4,7,9,17H,2,5-6,8,15H2,1H3,(H,16,18). The number of halogens is 1. The summed E-state index contributed by atoms with van der Waals surface area (Å²) in [6.07, 6.45) is 1.59. The molecule has 0 saturated carbocycles. The van der Waals surface area contributed by atoms with Crippen LogP contribution in [0.25, 0.3) is 0 Å². The molecule has 0 saturated heterocycles. The lowest BCUT2D eigenvalue weighted by Gasteiger charge is -2.14. The number of hydrogen-bond donors (Lipinski definition) is 3. The number of aliphatic hydroxyl groups excluding tert-OH is 1. The Hall–Kier alpha value is -1.26. The minimum atomic E-state index is -0.233. The van der Waals surface area contributed by atoms with E-state index in [-0.39, 0.29) is 18.4 Å². The second-order valence-corrected chi connectivity index (χ2v) is 4.64. The summed E-state index contributed by atoms with van der Waals surface area (Å²) >= 11 is 5.95. The smallest absolute Gasteiger partial charge is 0.252 e. The van der Waals surface area contributed by atoms with Crippen LogP contribution >= 0.6 is 11.6 Å². The summed E-state index contributed by atoms with van der Waals surface area (Å²) in [5.41, 5.74) is 6.51. The quantitative estimate of drug-likeness (QED) is 0.693. The van der Waals surface area contributed by atoms with Crippen molar-refractivity contribution in [1.82, 2.24) is 5.32 Å². The first-order valence-corrected chi connectivity index (χ1v) is 6.40. The Bertz CT molecular complexity index is 410. The van der Waals surface area contributed by atoms with Crippen molar-refractivity contribution in [2.24, 2.45) is 5.92 Å². The number of nitrogen functional groups attached to an aromatic ring is 1. The van der Waals surface area contributed by atoms with Crippen molar-refractivity contribution in [2.45, 2.75) is 19.8 Å². The molecule has 1 rings (SSSR count). The van der Waals surface area contributed by atoms with E-state index >= 15 is 0 Å². The lowest BCUT2D eigenvalue weighted by molar-refractivity contribution is 0.0943. The van der Waals surface area contributed by atoms with Gasteiger partial charge in [0.1, 0.15) is 0 Å². The Morgan fingerprint density at radius 3 is 2.89 bits per heavy atom. The molecular weight excluding hydrogens is 252 g/mol. The third kappa shape index (κ3) is 4.20. The van der Waals surface area contributed by atoms with Gasteiger partial charge < -0.3 is 16.2 Å². The lowest BCUT2D eigenvalue weighted by atomic mass is 10.0. The predicted octanol–water partition coefficient (Wildman–Crippen LogP) is 2.06. The highest BCUT2D eigenvalue weighted by atomic mass is 35.5. The fraction of sp³-hybridized carbons (Fsp3) is 0.462. The molecule has 5 heteroatoms. The van der Waals surface area contributed by atoms with Crippen molar-refractivity contribution in [1.29, 1.82) is 0 Å². The van der Waals surface area contributed by atoms with Crippen molar-refractivity contribution in [3.8, 4) is 0 Å². The van der Waals surface area contributed by atoms with E-state index in [1.54, 1.807) is 18.2 Å². The SMILES string of the molecule is CCC(CCO)CNC(=O)c1cc(N)ccc1Cl. The molecule has 0 spiro atoms. The van der Waals surface area contributed by atoms with Crippen LogP contribution in [0.4, 0.5) is 5.69 Å². The molecule has 0 fully saturated rings. The van der Waals surface area contributed by atoms with Crippen LogP contribution in [-0.2, 0) is 0 Å². The molecule has 0 aliphatic carbocycles. The van der Waals surface area contributed by atoms with Gasteiger partial charge in [-0.15, -0.1) is 0 Å². The summed E-state index contributed by atoms with van der Waals surface area (Å²) in [5.74, 6) is 0.0440. The van der Waals surface area contributed by atoms with Crippen molar-refractivity contribution in [2.75, 3.05) is 18.9 Å². The Morgan fingerprint density at radius 1 is 1.56 bits per heavy atom. The van der Waals surface area contributed by atoms with E-state index in [0.29, 0.717) is 29.2 Å². The molecule has 4 N–H and O–H groups in total. The molecule has 1 unspecified atom stereocenters. The van der Waals surface area contributed by atoms with Gasteiger partial charge in [-0.25, -0.2) is 0 Å². The first-order chi connectivity index (χ1) is 8.58. The summed E-state index contributed by atoms with van der Waals surface area (Å²) < 4.78 is 0. The molecule has 0 aliphatic rings. The fourth-order valence-electron chi connectivity index (χ4n) is 1.68. The lowest BCUT2D eigenvalue weighted by Crippen LogP contribution is -2.29. The van der Waals surface area contributed by atoms with Crippen LogP contribution in [0, 0.1) is 5.92 Å². The highest BCUT2D eigenvalue weighted by Gasteiger charge is 2.12. The van der Waals surface area contributed by atoms with Crippen molar-refractivity contribution in [3.05, 3.63) is 28.8 Å². The van der Waals surface area contributed by atoms with Crippen LogP contribution in [0.1, 0.15) is 30.1 Å². The van der Waals surface area contributed by atoms with E-state index in [4.69, 9.17) is 22.4 Å². The molecule has 0 bridgehead atoms. The van der Waals surface area contributed by atoms with Crippen LogP contribution in [0.5, 0.6) is 0 Å². The fourth-order valence-corrected chi connectivity index (χ4v) is 1.89. The predicted molar refractivity (Wildman–Crippen MR) is 73.7 cm³/mol. The molecule has 1 amide bonds. The van der Waals surface area contributed by atoms with Crippen molar-refractivity contribution in [3.63, 3.8) is 0 Å². The number of carbonyl (C=O) groups excluding carboxylic acids is 1. The van der Waals surface area contributed by atoms with Gasteiger partial charge in [-0.05, 0) is 30.5 Å². The van der Waals surface area contributed by atoms with Gasteiger partial charge in [0.05, 0.1) is 10.6 Å². The Labute approximate surface area is 112 Å². The summed E-state index contributed by atoms with van der Waals surface area (Å²) in [6, 6.07) is 4.82. The van der Waals surface area contributed by atoms with Gasteiger partial charge in [0.15, 0.2) is 0 Å². The minimum Gasteiger partial charge on any atom is -0.399 e. The highest BCUT2D eigenvalue weighted by molar-refractivity contribution is 6.34. The number of nitrogens with two attached hydrogens (primary N) is 1. The molecule has 0 heterocycles. The van der Waals surface area contributed by atoms with Gasteiger partial charge in [0, 0.05) is 18.8 Å². The summed E-state index contributed by atoms with van der Waals surface area (Å²) in [7, 11) is 0. The van der Waals surface area contributed by atoms with Crippen molar-refractivity contribution < 1.29 is 9.90 Å². The maximum atomic E-state index is 11.9. The number of hydrogen-bond acceptors (Lipinski definition) is 3. The van der Waals surface area contributed by atoms with Gasteiger partial charge >= 0.3 is 0 Å². The third-order valence-corrected chi connectivity index (χ3v) is 3.23. The van der Waals surface area contributed by atoms with Gasteiger partial charge in [-0.2, -0.15) is 0 Å². The molecule has 4 nitrogen and oxygen atoms in total. The molecule has 100 valence electrons. The van der Waals surface area contributed by atoms with Crippen LogP contribution < -0.4 is 11.1 Å². The number of anilines is 1. The number of carbonyl (C=O) groups is 1. The molecule has 0 radical (unpaired) electrons. The maximum Gasteiger partial charge on any atom is 0.252 e. The van der Waals surface area contributed by atoms with Crippen molar-refractivity contribution >= 4 is 23.2 Å². The molecule has 18 heavy (non-hydrogen) atoms. The maximum absolute atomic E-state index is 11.9. The van der Waals surface area contributed by atoms with Gasteiger partial charge in [0.25, 0.3) is 5.91 Å². The number of rotatable bonds is 6. The molecular formula is C13H19ClN2O2. The average Bonchev–Trinajstić information content (AvgIpc) is 2.37. The second kappa shape index (κ2) is 7.24. The number of aliphatic hydroxyl groups is 1. The summed E-state index contributed by atoms with van der Waals surface area (Å²) in [6.45, 7) is 2.69. The topological polar surface area (TPSA) is 75.3 Å². The zero-order chi connectivity index (χ0) is 13.5. The van der Waals surface area contributed by atoms with E-state index in [9.17, 15) is 4.79 Å². The van der Waals surface area contributed by atoms with Crippen LogP contribution in [0.3, 0.4) is 0 Å². The Morgan fingerprint density at radius 2 is 2.28 bits per heavy atom. The molecule has 0 aliphatic heterocycles. The number of amides is 1. The summed E-state index contributed by atoms with van der Waals surface area (Å²) in [4.78, 5) is 11.9. The highest BCUT2D eigenvalue weighted by Crippen LogP contribution is 2.18. The summed E-state index contributed by atoms with van der Waals surface area (Å²) in [5, 5.41) is 12.1. The van der Waals surface area contributed by atoms with E-state index in [2.05, 4.69) is 5.32 Å². The molecule has 1 aromatic carbocycles. The van der Waals surface area contributed by atoms with E-state index < -0.39 is 0 Å². The van der Waals surface area contributed by atoms with E-state index in [1.807, 2.05) is 6.92 Å². The number of nitrogens with one attached hydrogen (secondary N) is 1. The molecule has 0 aromatic heterocycles. The van der Waals surface area contributed by atoms with Crippen LogP contribution in [-0.4, -0.2) is 24.2 Å². The zero-order valence-electron chi connectivity index (χ0n) is 10.4.